The molecule has 6 heteroatoms. The van der Waals surface area contributed by atoms with E-state index in [0.717, 1.165) is 44.2 Å². The Labute approximate surface area is 142 Å². The van der Waals surface area contributed by atoms with Crippen LogP contribution in [0.1, 0.15) is 31.7 Å². The molecule has 0 spiro atoms. The lowest BCUT2D eigenvalue weighted by Crippen LogP contribution is -2.41. The standard InChI is InChI=1S/C18H27F2N3O/c1-4-21-18(23(3)11-14-7-8-24-12-14)22-10-13(2)15-5-6-16(19)17(20)9-15/h5-6,9,13-14H,4,7-8,10-12H2,1-3H3,(H,21,22). The number of benzene rings is 1. The highest BCUT2D eigenvalue weighted by atomic mass is 19.2. The zero-order valence-corrected chi connectivity index (χ0v) is 14.7. The van der Waals surface area contributed by atoms with E-state index in [9.17, 15) is 8.78 Å². The van der Waals surface area contributed by atoms with Crippen LogP contribution in [0.5, 0.6) is 0 Å². The SMILES string of the molecule is CCNC(=NCC(C)c1ccc(F)c(F)c1)N(C)CC1CCOC1. The number of hydrogen-bond acceptors (Lipinski definition) is 2. The van der Waals surface area contributed by atoms with Crippen molar-refractivity contribution in [3.05, 3.63) is 35.4 Å². The molecule has 0 radical (unpaired) electrons. The lowest BCUT2D eigenvalue weighted by molar-refractivity contribution is 0.181. The third-order valence-electron chi connectivity index (χ3n) is 4.28. The molecule has 1 saturated heterocycles. The summed E-state index contributed by atoms with van der Waals surface area (Å²) in [5.74, 6) is -0.256. The predicted molar refractivity (Wildman–Crippen MR) is 92.3 cm³/mol. The molecular formula is C18H27F2N3O. The maximum atomic E-state index is 13.4. The van der Waals surface area contributed by atoms with Gasteiger partial charge in [0.2, 0.25) is 0 Å². The molecule has 1 aliphatic rings. The van der Waals surface area contributed by atoms with Crippen LogP contribution in [0, 0.1) is 17.6 Å². The Bertz CT molecular complexity index is 559. The van der Waals surface area contributed by atoms with Crippen LogP contribution in [0.2, 0.25) is 0 Å². The van der Waals surface area contributed by atoms with Gasteiger partial charge in [-0.25, -0.2) is 8.78 Å². The van der Waals surface area contributed by atoms with Crippen LogP contribution in [-0.2, 0) is 4.74 Å². The summed E-state index contributed by atoms with van der Waals surface area (Å²) in [6.07, 6.45) is 1.08. The van der Waals surface area contributed by atoms with E-state index in [-0.39, 0.29) is 5.92 Å². The number of ether oxygens (including phenoxy) is 1. The van der Waals surface area contributed by atoms with Crippen LogP contribution in [-0.4, -0.2) is 50.8 Å². The van der Waals surface area contributed by atoms with Crippen molar-refractivity contribution in [1.29, 1.82) is 0 Å². The summed E-state index contributed by atoms with van der Waals surface area (Å²) >= 11 is 0. The first-order valence-corrected chi connectivity index (χ1v) is 8.53. The predicted octanol–water partition coefficient (Wildman–Crippen LogP) is 3.00. The van der Waals surface area contributed by atoms with Crippen molar-refractivity contribution >= 4 is 5.96 Å². The lowest BCUT2D eigenvalue weighted by Gasteiger charge is -2.25. The van der Waals surface area contributed by atoms with Crippen LogP contribution < -0.4 is 5.32 Å². The van der Waals surface area contributed by atoms with Crippen LogP contribution in [0.25, 0.3) is 0 Å². The average Bonchev–Trinajstić information content (AvgIpc) is 3.06. The van der Waals surface area contributed by atoms with Crippen LogP contribution in [0.4, 0.5) is 8.78 Å². The Kier molecular flexibility index (Phi) is 6.97. The number of rotatable bonds is 6. The molecule has 134 valence electrons. The van der Waals surface area contributed by atoms with E-state index in [4.69, 9.17) is 4.74 Å². The number of halogens is 2. The van der Waals surface area contributed by atoms with Crippen LogP contribution >= 0.6 is 0 Å². The molecule has 0 aromatic heterocycles. The first-order chi connectivity index (χ1) is 11.5. The second-order valence-corrected chi connectivity index (χ2v) is 6.38. The summed E-state index contributed by atoms with van der Waals surface area (Å²) in [6, 6.07) is 4.04. The molecule has 24 heavy (non-hydrogen) atoms. The number of guanidine groups is 1. The Morgan fingerprint density at radius 2 is 2.21 bits per heavy atom. The molecule has 2 atom stereocenters. The molecule has 1 aliphatic heterocycles. The fourth-order valence-corrected chi connectivity index (χ4v) is 2.82. The van der Waals surface area contributed by atoms with Gasteiger partial charge in [-0.3, -0.25) is 4.99 Å². The maximum absolute atomic E-state index is 13.4. The summed E-state index contributed by atoms with van der Waals surface area (Å²) in [6.45, 7) is 7.81. The first-order valence-electron chi connectivity index (χ1n) is 8.53. The molecule has 1 heterocycles. The van der Waals surface area contributed by atoms with Crippen molar-refractivity contribution in [2.45, 2.75) is 26.2 Å². The Morgan fingerprint density at radius 3 is 2.83 bits per heavy atom. The molecule has 0 saturated carbocycles. The minimum atomic E-state index is -0.818. The molecule has 2 unspecified atom stereocenters. The van der Waals surface area contributed by atoms with Crippen molar-refractivity contribution in [2.75, 3.05) is 39.9 Å². The zero-order valence-electron chi connectivity index (χ0n) is 14.7. The summed E-state index contributed by atoms with van der Waals surface area (Å²) in [5, 5.41) is 3.28. The second kappa shape index (κ2) is 8.97. The molecule has 2 rings (SSSR count). The smallest absolute Gasteiger partial charge is 0.193 e. The lowest BCUT2D eigenvalue weighted by atomic mass is 10.0. The van der Waals surface area contributed by atoms with Crippen LogP contribution in [0.3, 0.4) is 0 Å². The van der Waals surface area contributed by atoms with E-state index in [1.807, 2.05) is 20.9 Å². The quantitative estimate of drug-likeness (QED) is 0.639. The van der Waals surface area contributed by atoms with Gasteiger partial charge in [-0.15, -0.1) is 0 Å². The average molecular weight is 339 g/mol. The first kappa shape index (κ1) is 18.6. The summed E-state index contributed by atoms with van der Waals surface area (Å²) in [5.41, 5.74) is 0.750. The van der Waals surface area contributed by atoms with Gasteiger partial charge < -0.3 is 15.0 Å². The molecule has 1 aromatic rings. The summed E-state index contributed by atoms with van der Waals surface area (Å²) in [4.78, 5) is 6.77. The number of aliphatic imine (C=N–C) groups is 1. The Hall–Kier alpha value is -1.69. The zero-order chi connectivity index (χ0) is 17.5. The van der Waals surface area contributed by atoms with Gasteiger partial charge in [0, 0.05) is 45.1 Å². The normalized spacial score (nSPS) is 19.4. The molecular weight excluding hydrogens is 312 g/mol. The van der Waals surface area contributed by atoms with E-state index in [1.54, 1.807) is 6.07 Å². The van der Waals surface area contributed by atoms with Gasteiger partial charge in [-0.05, 0) is 31.0 Å². The topological polar surface area (TPSA) is 36.9 Å². The second-order valence-electron chi connectivity index (χ2n) is 6.38. The minimum absolute atomic E-state index is 0.0111. The fraction of sp³-hybridized carbons (Fsp3) is 0.611. The van der Waals surface area contributed by atoms with Crippen molar-refractivity contribution in [1.82, 2.24) is 10.2 Å². The van der Waals surface area contributed by atoms with E-state index in [2.05, 4.69) is 15.2 Å². The Morgan fingerprint density at radius 1 is 1.42 bits per heavy atom. The van der Waals surface area contributed by atoms with Gasteiger partial charge >= 0.3 is 0 Å². The van der Waals surface area contributed by atoms with Gasteiger partial charge in [-0.2, -0.15) is 0 Å². The monoisotopic (exact) mass is 339 g/mol. The van der Waals surface area contributed by atoms with Gasteiger partial charge in [0.1, 0.15) is 0 Å². The number of nitrogens with zero attached hydrogens (tertiary/aromatic N) is 2. The molecule has 0 bridgehead atoms. The highest BCUT2D eigenvalue weighted by molar-refractivity contribution is 5.79. The molecule has 1 N–H and O–H groups in total. The molecule has 4 nitrogen and oxygen atoms in total. The maximum Gasteiger partial charge on any atom is 0.193 e. The highest BCUT2D eigenvalue weighted by Gasteiger charge is 2.19. The number of hydrogen-bond donors (Lipinski definition) is 1. The third-order valence-corrected chi connectivity index (χ3v) is 4.28. The molecule has 1 fully saturated rings. The van der Waals surface area contributed by atoms with Crippen LogP contribution in [0.15, 0.2) is 23.2 Å². The van der Waals surface area contributed by atoms with Crippen molar-refractivity contribution in [3.63, 3.8) is 0 Å². The van der Waals surface area contributed by atoms with Gasteiger partial charge in [0.15, 0.2) is 17.6 Å². The largest absolute Gasteiger partial charge is 0.381 e. The molecule has 1 aromatic carbocycles. The number of nitrogens with one attached hydrogen (secondary N) is 1. The van der Waals surface area contributed by atoms with E-state index >= 15 is 0 Å². The van der Waals surface area contributed by atoms with Gasteiger partial charge in [-0.1, -0.05) is 13.0 Å². The summed E-state index contributed by atoms with van der Waals surface area (Å²) in [7, 11) is 2.02. The van der Waals surface area contributed by atoms with E-state index in [1.165, 1.54) is 12.1 Å². The molecule has 0 aliphatic carbocycles. The highest BCUT2D eigenvalue weighted by Crippen LogP contribution is 2.19. The van der Waals surface area contributed by atoms with Gasteiger partial charge in [0.25, 0.3) is 0 Å². The minimum Gasteiger partial charge on any atom is -0.381 e. The summed E-state index contributed by atoms with van der Waals surface area (Å²) < 4.78 is 31.8. The Balaban J connectivity index is 1.99. The van der Waals surface area contributed by atoms with Gasteiger partial charge in [0.05, 0.1) is 6.61 Å². The van der Waals surface area contributed by atoms with E-state index in [0.29, 0.717) is 12.5 Å². The van der Waals surface area contributed by atoms with Crippen molar-refractivity contribution in [2.24, 2.45) is 10.9 Å². The molecule has 0 amide bonds. The fourth-order valence-electron chi connectivity index (χ4n) is 2.82. The third kappa shape index (κ3) is 5.16. The van der Waals surface area contributed by atoms with Crippen molar-refractivity contribution < 1.29 is 13.5 Å². The van der Waals surface area contributed by atoms with E-state index < -0.39 is 11.6 Å². The van der Waals surface area contributed by atoms with Crippen molar-refractivity contribution in [3.8, 4) is 0 Å².